The van der Waals surface area contributed by atoms with Crippen LogP contribution in [0.1, 0.15) is 21.9 Å². The topological polar surface area (TPSA) is 75.1 Å². The van der Waals surface area contributed by atoms with Gasteiger partial charge in [-0.3, -0.25) is 0 Å². The van der Waals surface area contributed by atoms with Crippen LogP contribution in [-0.2, 0) is 6.54 Å². The quantitative estimate of drug-likeness (QED) is 0.905. The smallest absolute Gasteiger partial charge is 0.336 e. The number of benzene rings is 1. The van der Waals surface area contributed by atoms with Crippen LogP contribution in [0.3, 0.4) is 0 Å². The fourth-order valence-corrected chi connectivity index (χ4v) is 2.14. The van der Waals surface area contributed by atoms with Crippen molar-refractivity contribution in [1.82, 2.24) is 9.97 Å². The van der Waals surface area contributed by atoms with E-state index in [4.69, 9.17) is 5.11 Å². The number of carboxylic acids is 1. The van der Waals surface area contributed by atoms with Crippen LogP contribution >= 0.6 is 15.9 Å². The number of halogens is 1. The number of rotatable bonds is 4. The molecule has 1 heterocycles. The highest BCUT2D eigenvalue weighted by atomic mass is 79.9. The maximum atomic E-state index is 10.9. The van der Waals surface area contributed by atoms with Crippen LogP contribution in [0.2, 0.25) is 0 Å². The maximum Gasteiger partial charge on any atom is 0.336 e. The fourth-order valence-electron chi connectivity index (χ4n) is 1.59. The second-order valence-electron chi connectivity index (χ2n) is 3.95. The molecule has 0 spiro atoms. The number of anilines is 1. The third-order valence-electron chi connectivity index (χ3n) is 2.51. The van der Waals surface area contributed by atoms with E-state index in [-0.39, 0.29) is 5.56 Å². The summed E-state index contributed by atoms with van der Waals surface area (Å²) in [6.45, 7) is 2.39. The largest absolute Gasteiger partial charge is 0.478 e. The van der Waals surface area contributed by atoms with Crippen molar-refractivity contribution in [2.75, 3.05) is 5.32 Å². The number of aromatic nitrogens is 2. The van der Waals surface area contributed by atoms with Crippen LogP contribution in [0.25, 0.3) is 0 Å². The van der Waals surface area contributed by atoms with Crippen molar-refractivity contribution in [1.29, 1.82) is 0 Å². The maximum absolute atomic E-state index is 10.9. The van der Waals surface area contributed by atoms with Gasteiger partial charge in [-0.05, 0) is 47.1 Å². The van der Waals surface area contributed by atoms with Gasteiger partial charge in [0.25, 0.3) is 0 Å². The molecule has 19 heavy (non-hydrogen) atoms. The monoisotopic (exact) mass is 321 g/mol. The molecule has 1 aromatic heterocycles. The Morgan fingerprint density at radius 1 is 1.42 bits per heavy atom. The third-order valence-corrected chi connectivity index (χ3v) is 3.16. The van der Waals surface area contributed by atoms with Gasteiger partial charge < -0.3 is 10.4 Å². The molecule has 0 atom stereocenters. The van der Waals surface area contributed by atoms with Crippen molar-refractivity contribution in [2.45, 2.75) is 13.5 Å². The van der Waals surface area contributed by atoms with Gasteiger partial charge in [0, 0.05) is 16.4 Å². The molecular formula is C13H12BrN3O2. The molecule has 2 aromatic rings. The highest BCUT2D eigenvalue weighted by Gasteiger charge is 2.08. The molecule has 5 nitrogen and oxygen atoms in total. The predicted molar refractivity (Wildman–Crippen MR) is 75.2 cm³/mol. The number of hydrogen-bond donors (Lipinski definition) is 2. The van der Waals surface area contributed by atoms with Crippen LogP contribution in [0.4, 0.5) is 5.69 Å². The van der Waals surface area contributed by atoms with Crippen molar-refractivity contribution in [3.05, 3.63) is 52.0 Å². The summed E-state index contributed by atoms with van der Waals surface area (Å²) in [6, 6.07) is 6.85. The summed E-state index contributed by atoms with van der Waals surface area (Å²) in [5.41, 5.74) is 1.95. The molecule has 0 saturated heterocycles. The molecule has 0 aliphatic heterocycles. The Balaban J connectivity index is 2.08. The molecule has 98 valence electrons. The lowest BCUT2D eigenvalue weighted by Gasteiger charge is -2.08. The Hall–Kier alpha value is -1.95. The number of carboxylic acid groups (broad SMARTS) is 1. The molecule has 1 aromatic carbocycles. The molecule has 0 amide bonds. The summed E-state index contributed by atoms with van der Waals surface area (Å²) in [7, 11) is 0. The first-order chi connectivity index (χ1) is 9.06. The van der Waals surface area contributed by atoms with Gasteiger partial charge in [0.15, 0.2) is 0 Å². The molecule has 2 rings (SSSR count). The van der Waals surface area contributed by atoms with Crippen molar-refractivity contribution in [3.8, 4) is 0 Å². The lowest BCUT2D eigenvalue weighted by molar-refractivity contribution is 0.0696. The molecule has 0 fully saturated rings. The van der Waals surface area contributed by atoms with Crippen LogP contribution < -0.4 is 5.32 Å². The molecule has 0 aliphatic rings. The van der Waals surface area contributed by atoms with Gasteiger partial charge >= 0.3 is 5.97 Å². The minimum atomic E-state index is -0.954. The van der Waals surface area contributed by atoms with Crippen molar-refractivity contribution in [2.24, 2.45) is 0 Å². The Labute approximate surface area is 118 Å². The van der Waals surface area contributed by atoms with E-state index in [1.807, 2.05) is 13.0 Å². The highest BCUT2D eigenvalue weighted by molar-refractivity contribution is 9.10. The van der Waals surface area contributed by atoms with Gasteiger partial charge in [-0.1, -0.05) is 0 Å². The summed E-state index contributed by atoms with van der Waals surface area (Å²) in [4.78, 5) is 19.2. The number of aromatic carboxylic acids is 1. The normalized spacial score (nSPS) is 10.2. The summed E-state index contributed by atoms with van der Waals surface area (Å²) in [6.07, 6.45) is 1.71. The Morgan fingerprint density at radius 3 is 2.84 bits per heavy atom. The SMILES string of the molecule is Cc1nccc(CNc2ccc(C(=O)O)c(Br)c2)n1. The standard InChI is InChI=1S/C13H12BrN3O2/c1-8-15-5-4-10(17-8)7-16-9-2-3-11(13(18)19)12(14)6-9/h2-6,16H,7H2,1H3,(H,18,19). The molecule has 0 aliphatic carbocycles. The first-order valence-corrected chi connectivity index (χ1v) is 6.41. The fraction of sp³-hybridized carbons (Fsp3) is 0.154. The minimum absolute atomic E-state index is 0.239. The number of carbonyl (C=O) groups is 1. The van der Waals surface area contributed by atoms with E-state index in [0.29, 0.717) is 11.0 Å². The van der Waals surface area contributed by atoms with E-state index >= 15 is 0 Å². The van der Waals surface area contributed by atoms with E-state index in [1.54, 1.807) is 24.4 Å². The van der Waals surface area contributed by atoms with E-state index < -0.39 is 5.97 Å². The van der Waals surface area contributed by atoms with Gasteiger partial charge in [-0.2, -0.15) is 0 Å². The first-order valence-electron chi connectivity index (χ1n) is 5.61. The van der Waals surface area contributed by atoms with Gasteiger partial charge in [0.05, 0.1) is 17.8 Å². The van der Waals surface area contributed by atoms with E-state index in [0.717, 1.165) is 17.2 Å². The number of nitrogens with one attached hydrogen (secondary N) is 1. The van der Waals surface area contributed by atoms with Gasteiger partial charge in [0.2, 0.25) is 0 Å². The zero-order valence-electron chi connectivity index (χ0n) is 10.2. The third kappa shape index (κ3) is 3.51. The van der Waals surface area contributed by atoms with Crippen molar-refractivity contribution >= 4 is 27.6 Å². The molecule has 2 N–H and O–H groups in total. The van der Waals surface area contributed by atoms with Gasteiger partial charge in [0.1, 0.15) is 5.82 Å². The van der Waals surface area contributed by atoms with Crippen LogP contribution in [-0.4, -0.2) is 21.0 Å². The van der Waals surface area contributed by atoms with Gasteiger partial charge in [-0.25, -0.2) is 14.8 Å². The van der Waals surface area contributed by atoms with Crippen molar-refractivity contribution in [3.63, 3.8) is 0 Å². The first kappa shape index (κ1) is 13.5. The second-order valence-corrected chi connectivity index (χ2v) is 4.80. The molecule has 0 saturated carbocycles. The number of hydrogen-bond acceptors (Lipinski definition) is 4. The Bertz CT molecular complexity index is 617. The Kier molecular flexibility index (Phi) is 4.11. The van der Waals surface area contributed by atoms with E-state index in [1.165, 1.54) is 0 Å². The average molecular weight is 322 g/mol. The zero-order chi connectivity index (χ0) is 13.8. The molecular weight excluding hydrogens is 310 g/mol. The summed E-state index contributed by atoms with van der Waals surface area (Å²) in [5.74, 6) is -0.230. The molecule has 0 unspecified atom stereocenters. The average Bonchev–Trinajstić information content (AvgIpc) is 2.36. The lowest BCUT2D eigenvalue weighted by atomic mass is 10.2. The lowest BCUT2D eigenvalue weighted by Crippen LogP contribution is -2.04. The zero-order valence-corrected chi connectivity index (χ0v) is 11.8. The number of aryl methyl sites for hydroxylation is 1. The Morgan fingerprint density at radius 2 is 2.21 bits per heavy atom. The summed E-state index contributed by atoms with van der Waals surface area (Å²) >= 11 is 3.24. The minimum Gasteiger partial charge on any atom is -0.478 e. The second kappa shape index (κ2) is 5.79. The number of nitrogens with zero attached hydrogens (tertiary/aromatic N) is 2. The molecule has 6 heteroatoms. The van der Waals surface area contributed by atoms with Crippen LogP contribution in [0.15, 0.2) is 34.9 Å². The van der Waals surface area contributed by atoms with Crippen LogP contribution in [0.5, 0.6) is 0 Å². The van der Waals surface area contributed by atoms with Crippen molar-refractivity contribution < 1.29 is 9.90 Å². The molecule has 0 radical (unpaired) electrons. The van der Waals surface area contributed by atoms with E-state index in [2.05, 4.69) is 31.2 Å². The van der Waals surface area contributed by atoms with E-state index in [9.17, 15) is 4.79 Å². The van der Waals surface area contributed by atoms with Crippen LogP contribution in [0, 0.1) is 6.92 Å². The molecule has 0 bridgehead atoms. The highest BCUT2D eigenvalue weighted by Crippen LogP contribution is 2.21. The van der Waals surface area contributed by atoms with Gasteiger partial charge in [-0.15, -0.1) is 0 Å². The summed E-state index contributed by atoms with van der Waals surface area (Å²) < 4.78 is 0.545. The predicted octanol–water partition coefficient (Wildman–Crippen LogP) is 2.86. The summed E-state index contributed by atoms with van der Waals surface area (Å²) in [5, 5.41) is 12.1.